The summed E-state index contributed by atoms with van der Waals surface area (Å²) in [4.78, 5) is 23.2. The number of carbonyl (C=O) groups is 2. The number of methoxy groups -OCH3 is 2. The van der Waals surface area contributed by atoms with Gasteiger partial charge >= 0.3 is 11.9 Å². The van der Waals surface area contributed by atoms with Crippen LogP contribution in [0.5, 0.6) is 0 Å². The van der Waals surface area contributed by atoms with Crippen molar-refractivity contribution in [2.24, 2.45) is 0 Å². The Hall–Kier alpha value is -1.84. The molecule has 1 aromatic rings. The molecule has 0 fully saturated rings. The van der Waals surface area contributed by atoms with Crippen molar-refractivity contribution < 1.29 is 19.1 Å². The Morgan fingerprint density at radius 2 is 1.60 bits per heavy atom. The van der Waals surface area contributed by atoms with Crippen LogP contribution in [0.25, 0.3) is 0 Å². The maximum absolute atomic E-state index is 11.8. The van der Waals surface area contributed by atoms with Crippen molar-refractivity contribution in [2.45, 2.75) is 38.5 Å². The summed E-state index contributed by atoms with van der Waals surface area (Å²) in [6.45, 7) is 6.36. The van der Waals surface area contributed by atoms with Gasteiger partial charge in [0.1, 0.15) is 0 Å². The van der Waals surface area contributed by atoms with Gasteiger partial charge in [-0.15, -0.1) is 0 Å². The third-order valence-corrected chi connectivity index (χ3v) is 3.26. The molecule has 4 heteroatoms. The van der Waals surface area contributed by atoms with Crippen LogP contribution in [0.15, 0.2) is 24.3 Å². The minimum atomic E-state index is -0.624. The van der Waals surface area contributed by atoms with Crippen molar-refractivity contribution in [3.8, 4) is 0 Å². The first-order valence-corrected chi connectivity index (χ1v) is 6.54. The lowest BCUT2D eigenvalue weighted by molar-refractivity contribution is -0.149. The summed E-state index contributed by atoms with van der Waals surface area (Å²) in [7, 11) is 2.62. The quantitative estimate of drug-likeness (QED) is 0.795. The first-order valence-electron chi connectivity index (χ1n) is 6.54. The minimum Gasteiger partial charge on any atom is -0.469 e. The molecule has 1 unspecified atom stereocenters. The predicted molar refractivity (Wildman–Crippen MR) is 76.5 cm³/mol. The Morgan fingerprint density at radius 1 is 1.05 bits per heavy atom. The molecule has 0 saturated carbocycles. The topological polar surface area (TPSA) is 52.6 Å². The third kappa shape index (κ3) is 4.08. The van der Waals surface area contributed by atoms with E-state index in [4.69, 9.17) is 4.74 Å². The first kappa shape index (κ1) is 16.2. The van der Waals surface area contributed by atoms with E-state index in [-0.39, 0.29) is 11.8 Å². The van der Waals surface area contributed by atoms with Gasteiger partial charge in [0.25, 0.3) is 0 Å². The van der Waals surface area contributed by atoms with Gasteiger partial charge in [-0.3, -0.25) is 9.59 Å². The van der Waals surface area contributed by atoms with Gasteiger partial charge in [-0.1, -0.05) is 45.0 Å². The third-order valence-electron chi connectivity index (χ3n) is 3.26. The fourth-order valence-electron chi connectivity index (χ4n) is 1.94. The average Bonchev–Trinajstić information content (AvgIpc) is 2.42. The van der Waals surface area contributed by atoms with E-state index in [9.17, 15) is 9.59 Å². The number of hydrogen-bond acceptors (Lipinski definition) is 4. The fraction of sp³-hybridized carbons (Fsp3) is 0.500. The summed E-state index contributed by atoms with van der Waals surface area (Å²) in [6, 6.07) is 7.68. The molecule has 0 aliphatic carbocycles. The molecule has 1 aromatic carbocycles. The summed E-state index contributed by atoms with van der Waals surface area (Å²) in [5.41, 5.74) is 1.97. The van der Waals surface area contributed by atoms with E-state index in [1.54, 1.807) is 0 Å². The number of benzene rings is 1. The Labute approximate surface area is 120 Å². The monoisotopic (exact) mass is 278 g/mol. The van der Waals surface area contributed by atoms with E-state index in [2.05, 4.69) is 25.5 Å². The van der Waals surface area contributed by atoms with Crippen molar-refractivity contribution in [1.82, 2.24) is 0 Å². The molecular formula is C16H22O4. The molecule has 0 amide bonds. The molecule has 1 rings (SSSR count). The van der Waals surface area contributed by atoms with Crippen LogP contribution in [0.4, 0.5) is 0 Å². The van der Waals surface area contributed by atoms with Gasteiger partial charge in [0.2, 0.25) is 0 Å². The van der Waals surface area contributed by atoms with Crippen LogP contribution in [0, 0.1) is 0 Å². The SMILES string of the molecule is COC(=O)CC(C(=O)OC)c1ccc(C(C)(C)C)cc1. The number of ether oxygens (including phenoxy) is 2. The average molecular weight is 278 g/mol. The highest BCUT2D eigenvalue weighted by Crippen LogP contribution is 2.26. The van der Waals surface area contributed by atoms with Gasteiger partial charge in [-0.25, -0.2) is 0 Å². The molecular weight excluding hydrogens is 256 g/mol. The summed E-state index contributed by atoms with van der Waals surface area (Å²) < 4.78 is 9.39. The fourth-order valence-corrected chi connectivity index (χ4v) is 1.94. The van der Waals surface area contributed by atoms with Crippen LogP contribution < -0.4 is 0 Å². The molecule has 0 radical (unpaired) electrons. The summed E-state index contributed by atoms with van der Waals surface area (Å²) in [5.74, 6) is -1.49. The van der Waals surface area contributed by atoms with Gasteiger partial charge in [0, 0.05) is 0 Å². The van der Waals surface area contributed by atoms with Gasteiger partial charge in [0.15, 0.2) is 0 Å². The Kier molecular flexibility index (Phi) is 5.31. The van der Waals surface area contributed by atoms with Crippen LogP contribution in [0.1, 0.15) is 44.2 Å². The highest BCUT2D eigenvalue weighted by molar-refractivity contribution is 5.84. The van der Waals surface area contributed by atoms with Crippen molar-refractivity contribution >= 4 is 11.9 Å². The maximum atomic E-state index is 11.8. The van der Waals surface area contributed by atoms with Gasteiger partial charge in [-0.2, -0.15) is 0 Å². The molecule has 20 heavy (non-hydrogen) atoms. The Bertz CT molecular complexity index is 468. The zero-order valence-electron chi connectivity index (χ0n) is 12.7. The van der Waals surface area contributed by atoms with Crippen molar-refractivity contribution in [3.05, 3.63) is 35.4 Å². The summed E-state index contributed by atoms with van der Waals surface area (Å²) in [5, 5.41) is 0. The Morgan fingerprint density at radius 3 is 2.00 bits per heavy atom. The molecule has 0 heterocycles. The largest absolute Gasteiger partial charge is 0.469 e. The van der Waals surface area contributed by atoms with Crippen LogP contribution in [-0.4, -0.2) is 26.2 Å². The molecule has 0 aromatic heterocycles. The van der Waals surface area contributed by atoms with Gasteiger partial charge in [-0.05, 0) is 16.5 Å². The van der Waals surface area contributed by atoms with Crippen LogP contribution >= 0.6 is 0 Å². The number of esters is 2. The van der Waals surface area contributed by atoms with Crippen LogP contribution in [0.3, 0.4) is 0 Å². The molecule has 110 valence electrons. The van der Waals surface area contributed by atoms with Gasteiger partial charge in [0.05, 0.1) is 26.6 Å². The normalized spacial score (nSPS) is 12.7. The number of rotatable bonds is 4. The summed E-state index contributed by atoms with van der Waals surface area (Å²) in [6.07, 6.45) is -0.0158. The maximum Gasteiger partial charge on any atom is 0.313 e. The summed E-state index contributed by atoms with van der Waals surface area (Å²) >= 11 is 0. The predicted octanol–water partition coefficient (Wildman–Crippen LogP) is 2.80. The smallest absolute Gasteiger partial charge is 0.313 e. The minimum absolute atomic E-state index is 0.0158. The molecule has 0 bridgehead atoms. The second kappa shape index (κ2) is 6.55. The lowest BCUT2D eigenvalue weighted by Gasteiger charge is -2.20. The van der Waals surface area contributed by atoms with E-state index in [1.807, 2.05) is 24.3 Å². The first-order chi connectivity index (χ1) is 9.29. The molecule has 0 spiro atoms. The van der Waals surface area contributed by atoms with Crippen LogP contribution in [-0.2, 0) is 24.5 Å². The van der Waals surface area contributed by atoms with Crippen molar-refractivity contribution in [3.63, 3.8) is 0 Å². The molecule has 0 saturated heterocycles. The van der Waals surface area contributed by atoms with E-state index in [1.165, 1.54) is 19.8 Å². The number of hydrogen-bond donors (Lipinski definition) is 0. The van der Waals surface area contributed by atoms with Crippen molar-refractivity contribution in [2.75, 3.05) is 14.2 Å². The lowest BCUT2D eigenvalue weighted by Crippen LogP contribution is -2.19. The highest BCUT2D eigenvalue weighted by atomic mass is 16.5. The second-order valence-corrected chi connectivity index (χ2v) is 5.73. The molecule has 0 aliphatic heterocycles. The molecule has 4 nitrogen and oxygen atoms in total. The van der Waals surface area contributed by atoms with E-state index in [0.717, 1.165) is 5.56 Å². The zero-order chi connectivity index (χ0) is 15.3. The van der Waals surface area contributed by atoms with Crippen molar-refractivity contribution in [1.29, 1.82) is 0 Å². The Balaban J connectivity index is 3.02. The molecule has 0 aliphatic rings. The van der Waals surface area contributed by atoms with Crippen LogP contribution in [0.2, 0.25) is 0 Å². The number of carbonyl (C=O) groups excluding carboxylic acids is 2. The van der Waals surface area contributed by atoms with E-state index < -0.39 is 17.9 Å². The molecule has 0 N–H and O–H groups in total. The van der Waals surface area contributed by atoms with E-state index in [0.29, 0.717) is 0 Å². The highest BCUT2D eigenvalue weighted by Gasteiger charge is 2.25. The van der Waals surface area contributed by atoms with E-state index >= 15 is 0 Å². The zero-order valence-corrected chi connectivity index (χ0v) is 12.7. The second-order valence-electron chi connectivity index (χ2n) is 5.73. The standard InChI is InChI=1S/C16H22O4/c1-16(2,3)12-8-6-11(7-9-12)13(15(18)20-5)10-14(17)19-4/h6-9,13H,10H2,1-5H3. The van der Waals surface area contributed by atoms with Gasteiger partial charge < -0.3 is 9.47 Å². The molecule has 1 atom stereocenters. The lowest BCUT2D eigenvalue weighted by atomic mass is 9.85.